The minimum absolute atomic E-state index is 0.0388. The first-order valence-electron chi connectivity index (χ1n) is 8.07. The largest absolute Gasteiger partial charge is 0.368 e. The SMILES string of the molecule is Cc1ccc(Cl)cc1N1CCN(C(=O)NCc2ccccn2)CC1. The van der Waals surface area contributed by atoms with Crippen LogP contribution in [0.4, 0.5) is 10.5 Å². The average molecular weight is 345 g/mol. The summed E-state index contributed by atoms with van der Waals surface area (Å²) in [6, 6.07) is 11.6. The third-order valence-electron chi connectivity index (χ3n) is 4.23. The van der Waals surface area contributed by atoms with Crippen LogP contribution in [0.25, 0.3) is 0 Å². The number of benzene rings is 1. The van der Waals surface area contributed by atoms with E-state index in [0.29, 0.717) is 19.6 Å². The number of piperazine rings is 1. The van der Waals surface area contributed by atoms with E-state index >= 15 is 0 Å². The normalized spacial score (nSPS) is 14.6. The number of aryl methyl sites for hydroxylation is 1. The number of halogens is 1. The molecule has 3 rings (SSSR count). The molecule has 1 N–H and O–H groups in total. The van der Waals surface area contributed by atoms with Gasteiger partial charge in [-0.25, -0.2) is 4.79 Å². The number of urea groups is 1. The van der Waals surface area contributed by atoms with Gasteiger partial charge in [-0.3, -0.25) is 4.98 Å². The third kappa shape index (κ3) is 3.97. The topological polar surface area (TPSA) is 48.5 Å². The van der Waals surface area contributed by atoms with Gasteiger partial charge in [-0.2, -0.15) is 0 Å². The molecule has 0 bridgehead atoms. The zero-order valence-corrected chi connectivity index (χ0v) is 14.5. The van der Waals surface area contributed by atoms with Crippen LogP contribution in [0.1, 0.15) is 11.3 Å². The van der Waals surface area contributed by atoms with Crippen LogP contribution in [0.3, 0.4) is 0 Å². The zero-order valence-electron chi connectivity index (χ0n) is 13.7. The van der Waals surface area contributed by atoms with E-state index in [4.69, 9.17) is 11.6 Å². The molecule has 6 heteroatoms. The number of amides is 2. The van der Waals surface area contributed by atoms with Crippen molar-refractivity contribution in [1.82, 2.24) is 15.2 Å². The van der Waals surface area contributed by atoms with Gasteiger partial charge in [0.2, 0.25) is 0 Å². The lowest BCUT2D eigenvalue weighted by molar-refractivity contribution is 0.194. The Bertz CT molecular complexity index is 699. The molecular formula is C18H21ClN4O. The Morgan fingerprint density at radius 3 is 2.71 bits per heavy atom. The van der Waals surface area contributed by atoms with Gasteiger partial charge in [0.1, 0.15) is 0 Å². The molecule has 1 saturated heterocycles. The van der Waals surface area contributed by atoms with Gasteiger partial charge in [0, 0.05) is 43.1 Å². The van der Waals surface area contributed by atoms with Crippen molar-refractivity contribution in [2.45, 2.75) is 13.5 Å². The monoisotopic (exact) mass is 344 g/mol. The first-order valence-corrected chi connectivity index (χ1v) is 8.45. The Morgan fingerprint density at radius 2 is 2.00 bits per heavy atom. The van der Waals surface area contributed by atoms with Crippen LogP contribution in [-0.4, -0.2) is 42.1 Å². The van der Waals surface area contributed by atoms with Crippen LogP contribution >= 0.6 is 11.6 Å². The Morgan fingerprint density at radius 1 is 1.21 bits per heavy atom. The van der Waals surface area contributed by atoms with Crippen molar-refractivity contribution in [1.29, 1.82) is 0 Å². The number of pyridine rings is 1. The molecule has 24 heavy (non-hydrogen) atoms. The van der Waals surface area contributed by atoms with Crippen molar-refractivity contribution < 1.29 is 4.79 Å². The highest BCUT2D eigenvalue weighted by molar-refractivity contribution is 6.30. The fourth-order valence-corrected chi connectivity index (χ4v) is 3.02. The summed E-state index contributed by atoms with van der Waals surface area (Å²) in [6.45, 7) is 5.53. The molecule has 0 aliphatic carbocycles. The van der Waals surface area contributed by atoms with Gasteiger partial charge in [0.15, 0.2) is 0 Å². The van der Waals surface area contributed by atoms with E-state index in [0.717, 1.165) is 29.5 Å². The van der Waals surface area contributed by atoms with Gasteiger partial charge in [0.05, 0.1) is 12.2 Å². The molecule has 126 valence electrons. The van der Waals surface area contributed by atoms with E-state index in [1.807, 2.05) is 41.3 Å². The molecule has 0 saturated carbocycles. The van der Waals surface area contributed by atoms with Gasteiger partial charge < -0.3 is 15.1 Å². The summed E-state index contributed by atoms with van der Waals surface area (Å²) in [6.07, 6.45) is 1.73. The van der Waals surface area contributed by atoms with E-state index in [1.54, 1.807) is 6.20 Å². The highest BCUT2D eigenvalue weighted by atomic mass is 35.5. The number of carbonyl (C=O) groups excluding carboxylic acids is 1. The number of hydrogen-bond acceptors (Lipinski definition) is 3. The summed E-state index contributed by atoms with van der Waals surface area (Å²) in [7, 11) is 0. The van der Waals surface area contributed by atoms with Crippen LogP contribution in [-0.2, 0) is 6.54 Å². The van der Waals surface area contributed by atoms with E-state index in [1.165, 1.54) is 5.56 Å². The second-order valence-electron chi connectivity index (χ2n) is 5.88. The maximum atomic E-state index is 12.3. The fourth-order valence-electron chi connectivity index (χ4n) is 2.85. The number of nitrogens with one attached hydrogen (secondary N) is 1. The molecule has 2 heterocycles. The standard InChI is InChI=1S/C18H21ClN4O/c1-14-5-6-15(19)12-17(14)22-8-10-23(11-9-22)18(24)21-13-16-4-2-3-7-20-16/h2-7,12H,8-11,13H2,1H3,(H,21,24). The quantitative estimate of drug-likeness (QED) is 0.930. The smallest absolute Gasteiger partial charge is 0.317 e. The molecule has 0 unspecified atom stereocenters. The van der Waals surface area contributed by atoms with Crippen molar-refractivity contribution in [3.05, 3.63) is 58.9 Å². The Labute approximate surface area is 147 Å². The van der Waals surface area contributed by atoms with E-state index in [2.05, 4.69) is 22.1 Å². The van der Waals surface area contributed by atoms with Gasteiger partial charge in [-0.05, 0) is 36.8 Å². The zero-order chi connectivity index (χ0) is 16.9. The maximum absolute atomic E-state index is 12.3. The van der Waals surface area contributed by atoms with Crippen molar-refractivity contribution in [3.63, 3.8) is 0 Å². The molecule has 0 radical (unpaired) electrons. The van der Waals surface area contributed by atoms with Crippen LogP contribution in [0.5, 0.6) is 0 Å². The number of nitrogens with zero attached hydrogens (tertiary/aromatic N) is 3. The Hall–Kier alpha value is -2.27. The number of carbonyl (C=O) groups is 1. The third-order valence-corrected chi connectivity index (χ3v) is 4.46. The first kappa shape index (κ1) is 16.6. The van der Waals surface area contributed by atoms with Gasteiger partial charge in [0.25, 0.3) is 0 Å². The predicted octanol–water partition coefficient (Wildman–Crippen LogP) is 3.08. The first-order chi connectivity index (χ1) is 11.6. The second-order valence-corrected chi connectivity index (χ2v) is 6.32. The molecule has 5 nitrogen and oxygen atoms in total. The molecular weight excluding hydrogens is 324 g/mol. The number of rotatable bonds is 3. The van der Waals surface area contributed by atoms with Crippen molar-refractivity contribution >= 4 is 23.3 Å². The van der Waals surface area contributed by atoms with Crippen LogP contribution in [0.15, 0.2) is 42.6 Å². The minimum atomic E-state index is -0.0388. The molecule has 1 aromatic carbocycles. The Balaban J connectivity index is 1.53. The predicted molar refractivity (Wildman–Crippen MR) is 96.4 cm³/mol. The van der Waals surface area contributed by atoms with Crippen molar-refractivity contribution in [3.8, 4) is 0 Å². The van der Waals surface area contributed by atoms with Crippen LogP contribution < -0.4 is 10.2 Å². The van der Waals surface area contributed by atoms with Gasteiger partial charge >= 0.3 is 6.03 Å². The molecule has 1 aliphatic heterocycles. The lowest BCUT2D eigenvalue weighted by Gasteiger charge is -2.36. The summed E-state index contributed by atoms with van der Waals surface area (Å²) in [4.78, 5) is 20.6. The summed E-state index contributed by atoms with van der Waals surface area (Å²) in [5.74, 6) is 0. The van der Waals surface area contributed by atoms with Gasteiger partial charge in [-0.1, -0.05) is 23.7 Å². The molecule has 1 aromatic heterocycles. The van der Waals surface area contributed by atoms with Crippen molar-refractivity contribution in [2.24, 2.45) is 0 Å². The van der Waals surface area contributed by atoms with E-state index < -0.39 is 0 Å². The Kier molecular flexibility index (Phi) is 5.20. The summed E-state index contributed by atoms with van der Waals surface area (Å²) in [5.41, 5.74) is 3.21. The van der Waals surface area contributed by atoms with Crippen LogP contribution in [0, 0.1) is 6.92 Å². The summed E-state index contributed by atoms with van der Waals surface area (Å²) in [5, 5.41) is 3.67. The fraction of sp³-hybridized carbons (Fsp3) is 0.333. The maximum Gasteiger partial charge on any atom is 0.317 e. The molecule has 1 fully saturated rings. The molecule has 2 aromatic rings. The van der Waals surface area contributed by atoms with Crippen LogP contribution in [0.2, 0.25) is 5.02 Å². The molecule has 0 spiro atoms. The molecule has 2 amide bonds. The number of aromatic nitrogens is 1. The van der Waals surface area contributed by atoms with Crippen molar-refractivity contribution in [2.75, 3.05) is 31.1 Å². The highest BCUT2D eigenvalue weighted by Gasteiger charge is 2.22. The lowest BCUT2D eigenvalue weighted by atomic mass is 10.1. The number of hydrogen-bond donors (Lipinski definition) is 1. The average Bonchev–Trinajstić information content (AvgIpc) is 2.63. The second kappa shape index (κ2) is 7.53. The van der Waals surface area contributed by atoms with E-state index in [9.17, 15) is 4.79 Å². The lowest BCUT2D eigenvalue weighted by Crippen LogP contribution is -2.51. The molecule has 1 aliphatic rings. The van der Waals surface area contributed by atoms with E-state index in [-0.39, 0.29) is 6.03 Å². The minimum Gasteiger partial charge on any atom is -0.368 e. The van der Waals surface area contributed by atoms with Gasteiger partial charge in [-0.15, -0.1) is 0 Å². The summed E-state index contributed by atoms with van der Waals surface area (Å²) < 4.78 is 0. The number of anilines is 1. The molecule has 0 atom stereocenters. The highest BCUT2D eigenvalue weighted by Crippen LogP contribution is 2.25. The summed E-state index contributed by atoms with van der Waals surface area (Å²) >= 11 is 6.11.